The predicted molar refractivity (Wildman–Crippen MR) is 399 cm³/mol. The molecule has 5 fully saturated rings. The Morgan fingerprint density at radius 1 is 0.679 bits per heavy atom. The maximum atomic E-state index is 15.5. The van der Waals surface area contributed by atoms with Crippen LogP contribution in [-0.4, -0.2) is 185 Å². The highest BCUT2D eigenvalue weighted by molar-refractivity contribution is 6.11. The molecule has 2 bridgehead atoms. The number of hydrogen-bond donors (Lipinski definition) is 7. The van der Waals surface area contributed by atoms with Crippen molar-refractivity contribution in [2.75, 3.05) is 80.8 Å². The number of aromatic nitrogens is 1. The first-order valence-electron chi connectivity index (χ1n) is 36.3. The summed E-state index contributed by atoms with van der Waals surface area (Å²) in [5.41, 5.74) is -1.03. The number of fused-ring (bicyclic) bond motifs is 7. The van der Waals surface area contributed by atoms with Crippen LogP contribution in [0.3, 0.4) is 0 Å². The van der Waals surface area contributed by atoms with Crippen molar-refractivity contribution in [1.82, 2.24) is 20.1 Å². The molecule has 3 amide bonds. The van der Waals surface area contributed by atoms with Gasteiger partial charge in [-0.05, 0) is 167 Å². The molecule has 3 aliphatic carbocycles. The van der Waals surface area contributed by atoms with Crippen molar-refractivity contribution < 1.29 is 77.4 Å². The largest absolute Gasteiger partial charge is 0.456 e. The molecule has 3 saturated heterocycles. The first-order valence-corrected chi connectivity index (χ1v) is 36.3. The zero-order valence-corrected chi connectivity index (χ0v) is 61.1. The lowest BCUT2D eigenvalue weighted by molar-refractivity contribution is -0.346. The number of pyridine rings is 1. The van der Waals surface area contributed by atoms with Crippen LogP contribution < -0.4 is 26.2 Å². The van der Waals surface area contributed by atoms with E-state index in [4.69, 9.17) is 28.7 Å². The number of hydrogen-bond acceptors (Lipinski definition) is 21. The number of benzene rings is 6. The van der Waals surface area contributed by atoms with Gasteiger partial charge in [-0.3, -0.25) is 28.8 Å². The normalized spacial score (nSPS) is 25.1. The number of nitrogens with zero attached hydrogens (tertiary/aromatic N) is 4. The van der Waals surface area contributed by atoms with Crippen molar-refractivity contribution in [3.63, 3.8) is 0 Å². The summed E-state index contributed by atoms with van der Waals surface area (Å²) in [5, 5.41) is 51.9. The van der Waals surface area contributed by atoms with Gasteiger partial charge in [-0.25, -0.2) is 14.6 Å². The van der Waals surface area contributed by atoms with Crippen molar-refractivity contribution in [2.45, 2.75) is 147 Å². The summed E-state index contributed by atoms with van der Waals surface area (Å²) < 4.78 is 30.3. The Bertz CT molecular complexity index is 4380. The molecule has 2 saturated carbocycles. The highest BCUT2D eigenvalue weighted by atomic mass is 16.6. The van der Waals surface area contributed by atoms with Gasteiger partial charge in [-0.2, -0.15) is 0 Å². The van der Waals surface area contributed by atoms with E-state index in [1.807, 2.05) is 50.5 Å². The van der Waals surface area contributed by atoms with Crippen molar-refractivity contribution in [2.24, 2.45) is 16.7 Å². The molecule has 4 heterocycles. The fourth-order valence-electron chi connectivity index (χ4n) is 16.4. The lowest BCUT2D eigenvalue weighted by atomic mass is 9.44. The fourth-order valence-corrected chi connectivity index (χ4v) is 16.4. The lowest BCUT2D eigenvalue weighted by Gasteiger charge is -2.67. The molecule has 0 radical (unpaired) electrons. The molecule has 1 aromatic heterocycles. The second kappa shape index (κ2) is 31.6. The van der Waals surface area contributed by atoms with Crippen LogP contribution in [0.5, 0.6) is 0 Å². The van der Waals surface area contributed by atoms with Crippen LogP contribution in [0, 0.1) is 16.7 Å². The van der Waals surface area contributed by atoms with E-state index in [0.29, 0.717) is 18.4 Å². The van der Waals surface area contributed by atoms with Gasteiger partial charge in [-0.15, -0.1) is 0 Å². The number of ketones is 1. The third-order valence-electron chi connectivity index (χ3n) is 22.2. The number of aliphatic hydroxyl groups excluding tert-OH is 2. The second-order valence-corrected chi connectivity index (χ2v) is 29.6. The third kappa shape index (κ3) is 15.5. The molecular weight excluding hydrogens is 1350 g/mol. The van der Waals surface area contributed by atoms with E-state index < -0.39 is 113 Å². The molecule has 7 N–H and O–H groups in total. The molecule has 24 nitrogen and oxygen atoms in total. The molecule has 7 aromatic rings. The Balaban J connectivity index is 0.000000210. The van der Waals surface area contributed by atoms with E-state index in [2.05, 4.69) is 60.2 Å². The van der Waals surface area contributed by atoms with Crippen LogP contribution in [0.2, 0.25) is 0 Å². The molecule has 106 heavy (non-hydrogen) atoms. The van der Waals surface area contributed by atoms with Crippen LogP contribution in [0.25, 0.3) is 21.8 Å². The third-order valence-corrected chi connectivity index (χ3v) is 22.2. The van der Waals surface area contributed by atoms with Crippen LogP contribution in [-0.2, 0) is 52.5 Å². The van der Waals surface area contributed by atoms with Gasteiger partial charge in [0.1, 0.15) is 23.9 Å². The number of nitrogens with one attached hydrogen (secondary N) is 4. The minimum absolute atomic E-state index is 0.00289. The molecule has 3 aliphatic heterocycles. The van der Waals surface area contributed by atoms with E-state index in [0.717, 1.165) is 103 Å². The van der Waals surface area contributed by atoms with Crippen molar-refractivity contribution >= 4 is 97.6 Å². The summed E-state index contributed by atoms with van der Waals surface area (Å²) in [6.07, 6.45) is -4.71. The van der Waals surface area contributed by atoms with Gasteiger partial charge in [0.2, 0.25) is 11.8 Å². The van der Waals surface area contributed by atoms with Gasteiger partial charge in [0.15, 0.2) is 23.6 Å². The van der Waals surface area contributed by atoms with E-state index >= 15 is 4.79 Å². The smallest absolute Gasteiger partial charge is 0.338 e. The number of esters is 4. The number of anilines is 5. The van der Waals surface area contributed by atoms with Gasteiger partial charge in [0, 0.05) is 111 Å². The molecule has 6 aromatic carbocycles. The van der Waals surface area contributed by atoms with E-state index in [-0.39, 0.29) is 47.1 Å². The maximum Gasteiger partial charge on any atom is 0.338 e. The molecule has 11 atom stereocenters. The van der Waals surface area contributed by atoms with Crippen molar-refractivity contribution in [3.05, 3.63) is 179 Å². The van der Waals surface area contributed by atoms with Crippen molar-refractivity contribution in [1.29, 1.82) is 0 Å². The molecule has 6 aliphatic rings. The number of carbonyl (C=O) groups is 8. The van der Waals surface area contributed by atoms with E-state index in [1.54, 1.807) is 92.7 Å². The Morgan fingerprint density at radius 3 is 1.72 bits per heavy atom. The molecule has 558 valence electrons. The number of aliphatic hydroxyl groups is 3. The van der Waals surface area contributed by atoms with Gasteiger partial charge >= 0.3 is 23.9 Å². The van der Waals surface area contributed by atoms with Gasteiger partial charge in [0.05, 0.1) is 52.4 Å². The number of likely N-dealkylation sites (tertiary alicyclic amines) is 2. The van der Waals surface area contributed by atoms with Gasteiger partial charge in [0.25, 0.3) is 5.91 Å². The molecule has 0 unspecified atom stereocenters. The average Bonchev–Trinajstić information content (AvgIpc) is 0.789. The van der Waals surface area contributed by atoms with Crippen LogP contribution in [0.1, 0.15) is 125 Å². The van der Waals surface area contributed by atoms with E-state index in [1.165, 1.54) is 51.7 Å². The quantitative estimate of drug-likeness (QED) is 0.0152. The first-order chi connectivity index (χ1) is 50.7. The minimum atomic E-state index is -2.39. The molecular formula is C82H94N8O16. The zero-order chi connectivity index (χ0) is 75.4. The Morgan fingerprint density at radius 2 is 1.21 bits per heavy atom. The molecule has 24 heteroatoms. The topological polar surface area (TPSA) is 314 Å². The first kappa shape index (κ1) is 75.7. The monoisotopic (exact) mass is 1450 g/mol. The summed E-state index contributed by atoms with van der Waals surface area (Å²) in [4.78, 5) is 121. The SMILES string of the molecule is CC(=O)O[C@H]1C(=O)[C@@]2(C)[C@H]([C@H](OC(=O)c3ccccc3)[C@]3(O)C[C@H](OC(=O)[C@H](O)[C@@H](NC(=O)c4ccccc4)c4ccccc4)C(C)=C1C3(C)C)[C@]1(OC(C)=O)CO[C@@H]1C[C@@H]2O.CN(C)c1ccc(Nc2c3ccc(NC(=O)CCN4CCCC4)cc3nc3cc(NC(=O)CCN4CCCC4)ccc23)cc1. The Hall–Kier alpha value is -9.95. The van der Waals surface area contributed by atoms with Crippen LogP contribution in [0.4, 0.5) is 28.4 Å². The Labute approximate surface area is 616 Å². The van der Waals surface area contributed by atoms with Crippen molar-refractivity contribution in [3.8, 4) is 0 Å². The lowest BCUT2D eigenvalue weighted by Crippen LogP contribution is -2.82. The predicted octanol–water partition coefficient (Wildman–Crippen LogP) is 9.78. The highest BCUT2D eigenvalue weighted by Gasteiger charge is 2.78. The van der Waals surface area contributed by atoms with Gasteiger partial charge < -0.3 is 75.0 Å². The summed E-state index contributed by atoms with van der Waals surface area (Å²) in [6, 6.07) is 43.0. The van der Waals surface area contributed by atoms with Crippen LogP contribution in [0.15, 0.2) is 163 Å². The van der Waals surface area contributed by atoms with Gasteiger partial charge in [-0.1, -0.05) is 80.6 Å². The number of Topliss-reactive ketones (excluding diaryl/α,β-unsaturated/α-hetero) is 1. The number of rotatable bonds is 21. The average molecular weight is 1450 g/mol. The second-order valence-electron chi connectivity index (χ2n) is 29.6. The number of ether oxygens (including phenoxy) is 5. The summed E-state index contributed by atoms with van der Waals surface area (Å²) in [5.74, 6) is -6.82. The number of carbonyl (C=O) groups excluding carboxylic acids is 8. The van der Waals surface area contributed by atoms with E-state index in [9.17, 15) is 48.9 Å². The summed E-state index contributed by atoms with van der Waals surface area (Å²) in [7, 11) is 4.05. The Kier molecular flexibility index (Phi) is 22.6. The molecule has 0 spiro atoms. The zero-order valence-electron chi connectivity index (χ0n) is 61.1. The number of amides is 3. The molecule has 13 rings (SSSR count). The maximum absolute atomic E-state index is 15.5. The summed E-state index contributed by atoms with van der Waals surface area (Å²) in [6.45, 7) is 13.9. The fraction of sp³-hybridized carbons (Fsp3) is 0.427. The standard InChI is InChI=1S/C47H51NO14.C35H43N7O2/c1-25-31(60-43(56)36(52)35(28-16-10-7-11-17-28)48-41(54)29-18-12-8-13-19-29)23-47(57)40(61-42(55)30-20-14-9-15-21-30)38-45(6,32(51)22-33-46(38,24-58-33)62-27(3)50)39(53)37(59-26(2)49)34(25)44(47,4)5;1-40(2)28-11-7-25(8-12-28)38-35-29-13-9-26(36-33(43)15-21-41-17-3-4-18-41)23-31(29)39-32-24-27(10-14-30(32)35)37-34(44)16-22-42-19-5-6-20-42/h7-21,31-33,35-38,40,51-52,57H,22-24H2,1-6H3,(H,48,54);7-14,23-24H,3-6,15-22H2,1-2H3,(H,36,43)(H,37,44)(H,38,39)/t31-,32-,33+,35-,36+,37+,38-,40-,45+,46-,47+;/m0./s1. The van der Waals surface area contributed by atoms with Crippen LogP contribution >= 0.6 is 0 Å². The summed E-state index contributed by atoms with van der Waals surface area (Å²) >= 11 is 0. The highest BCUT2D eigenvalue weighted by Crippen LogP contribution is 2.64. The minimum Gasteiger partial charge on any atom is -0.456 e.